The lowest BCUT2D eigenvalue weighted by Gasteiger charge is -2.26. The summed E-state index contributed by atoms with van der Waals surface area (Å²) in [7, 11) is -4.02. The molecule has 6 nitrogen and oxygen atoms in total. The average Bonchev–Trinajstić information content (AvgIpc) is 2.79. The molecule has 0 unspecified atom stereocenters. The smallest absolute Gasteiger partial charge is 0.264 e. The van der Waals surface area contributed by atoms with Crippen molar-refractivity contribution < 1.29 is 17.9 Å². The molecule has 0 saturated heterocycles. The molecule has 0 fully saturated rings. The number of nitrogens with zero attached hydrogens (tertiary/aromatic N) is 1. The first-order valence-corrected chi connectivity index (χ1v) is 12.4. The maximum absolute atomic E-state index is 13.5. The van der Waals surface area contributed by atoms with E-state index in [1.165, 1.54) is 12.1 Å². The molecule has 0 spiro atoms. The van der Waals surface area contributed by atoms with Crippen LogP contribution in [0.1, 0.15) is 23.6 Å². The number of hydrogen-bond acceptors (Lipinski definition) is 4. The first kappa shape index (κ1) is 24.6. The van der Waals surface area contributed by atoms with E-state index in [0.29, 0.717) is 28.6 Å². The Bertz CT molecular complexity index is 1230. The lowest BCUT2D eigenvalue weighted by molar-refractivity contribution is -0.119. The van der Waals surface area contributed by atoms with Gasteiger partial charge in [-0.1, -0.05) is 53.6 Å². The van der Waals surface area contributed by atoms with E-state index >= 15 is 0 Å². The normalized spacial score (nSPS) is 11.2. The number of sulfonamides is 1. The number of amides is 1. The number of carbonyl (C=O) groups excluding carboxylic acids is 1. The number of ether oxygens (including phenoxy) is 1. The third kappa shape index (κ3) is 5.86. The summed E-state index contributed by atoms with van der Waals surface area (Å²) in [4.78, 5) is 13.0. The summed E-state index contributed by atoms with van der Waals surface area (Å²) in [6, 6.07) is 18.9. The van der Waals surface area contributed by atoms with E-state index < -0.39 is 22.5 Å². The summed E-state index contributed by atoms with van der Waals surface area (Å²) in [5.74, 6) is 0.228. The summed E-state index contributed by atoms with van der Waals surface area (Å²) in [6.45, 7) is 5.81. The van der Waals surface area contributed by atoms with Crippen LogP contribution in [0, 0.1) is 13.8 Å². The molecule has 0 aliphatic carbocycles. The number of aryl methyl sites for hydroxylation is 1. The second kappa shape index (κ2) is 10.7. The zero-order chi connectivity index (χ0) is 24.0. The predicted molar refractivity (Wildman–Crippen MR) is 131 cm³/mol. The summed E-state index contributed by atoms with van der Waals surface area (Å²) >= 11 is 6.26. The maximum atomic E-state index is 13.5. The first-order chi connectivity index (χ1) is 15.7. The molecule has 33 heavy (non-hydrogen) atoms. The number of benzene rings is 3. The molecule has 0 aliphatic heterocycles. The van der Waals surface area contributed by atoms with Gasteiger partial charge in [-0.3, -0.25) is 9.10 Å². The highest BCUT2D eigenvalue weighted by atomic mass is 35.5. The van der Waals surface area contributed by atoms with E-state index in [4.69, 9.17) is 16.3 Å². The van der Waals surface area contributed by atoms with Crippen molar-refractivity contribution in [2.24, 2.45) is 0 Å². The molecule has 3 rings (SSSR count). The van der Waals surface area contributed by atoms with Crippen LogP contribution >= 0.6 is 11.6 Å². The topological polar surface area (TPSA) is 75.7 Å². The van der Waals surface area contributed by atoms with Gasteiger partial charge in [-0.2, -0.15) is 0 Å². The van der Waals surface area contributed by atoms with Crippen LogP contribution in [0.5, 0.6) is 5.75 Å². The van der Waals surface area contributed by atoms with Gasteiger partial charge in [-0.25, -0.2) is 8.42 Å². The van der Waals surface area contributed by atoms with Crippen LogP contribution in [0.2, 0.25) is 5.02 Å². The van der Waals surface area contributed by atoms with Crippen LogP contribution in [-0.2, 0) is 21.4 Å². The largest absolute Gasteiger partial charge is 0.494 e. The Morgan fingerprint density at radius 1 is 1.00 bits per heavy atom. The third-order valence-electron chi connectivity index (χ3n) is 5.15. The van der Waals surface area contributed by atoms with Gasteiger partial charge in [-0.05, 0) is 56.7 Å². The molecule has 174 valence electrons. The highest BCUT2D eigenvalue weighted by molar-refractivity contribution is 7.92. The van der Waals surface area contributed by atoms with Gasteiger partial charge in [-0.15, -0.1) is 0 Å². The van der Waals surface area contributed by atoms with E-state index in [-0.39, 0.29) is 11.4 Å². The van der Waals surface area contributed by atoms with Gasteiger partial charge < -0.3 is 10.1 Å². The number of para-hydroxylation sites is 1. The molecule has 0 radical (unpaired) electrons. The van der Waals surface area contributed by atoms with Gasteiger partial charge in [0.2, 0.25) is 5.91 Å². The van der Waals surface area contributed by atoms with Gasteiger partial charge in [0.05, 0.1) is 17.2 Å². The highest BCUT2D eigenvalue weighted by Gasteiger charge is 2.28. The number of hydrogen-bond donors (Lipinski definition) is 1. The Morgan fingerprint density at radius 2 is 1.70 bits per heavy atom. The van der Waals surface area contributed by atoms with Crippen molar-refractivity contribution in [3.05, 3.63) is 88.4 Å². The monoisotopic (exact) mass is 486 g/mol. The lowest BCUT2D eigenvalue weighted by atomic mass is 10.2. The lowest BCUT2D eigenvalue weighted by Crippen LogP contribution is -2.41. The SMILES string of the molecule is CCOc1ccccc1CNC(=O)CN(c1cccc(Cl)c1C)S(=O)(=O)c1ccc(C)cc1. The van der Waals surface area contributed by atoms with Crippen molar-refractivity contribution in [3.8, 4) is 5.75 Å². The number of halogens is 1. The van der Waals surface area contributed by atoms with Crippen LogP contribution in [0.4, 0.5) is 5.69 Å². The summed E-state index contributed by atoms with van der Waals surface area (Å²) in [6.07, 6.45) is 0. The standard InChI is InChI=1S/C25H27ClN2O4S/c1-4-32-24-11-6-5-8-20(24)16-27-25(29)17-28(23-10-7-9-22(26)19(23)3)33(30,31)21-14-12-18(2)13-15-21/h5-15H,4,16-17H2,1-3H3,(H,27,29). The third-order valence-corrected chi connectivity index (χ3v) is 7.34. The van der Waals surface area contributed by atoms with Gasteiger partial charge in [0.15, 0.2) is 0 Å². The van der Waals surface area contributed by atoms with Crippen molar-refractivity contribution in [3.63, 3.8) is 0 Å². The summed E-state index contributed by atoms with van der Waals surface area (Å²) < 4.78 is 33.8. The molecular weight excluding hydrogens is 460 g/mol. The Hall–Kier alpha value is -3.03. The second-order valence-electron chi connectivity index (χ2n) is 7.53. The van der Waals surface area contributed by atoms with Gasteiger partial charge in [0, 0.05) is 17.1 Å². The van der Waals surface area contributed by atoms with Crippen molar-refractivity contribution in [1.82, 2.24) is 5.32 Å². The predicted octanol–water partition coefficient (Wildman–Crippen LogP) is 4.87. The molecule has 1 N–H and O–H groups in total. The average molecular weight is 487 g/mol. The van der Waals surface area contributed by atoms with Crippen LogP contribution < -0.4 is 14.4 Å². The van der Waals surface area contributed by atoms with Crippen LogP contribution in [-0.4, -0.2) is 27.5 Å². The van der Waals surface area contributed by atoms with Crippen LogP contribution in [0.15, 0.2) is 71.6 Å². The van der Waals surface area contributed by atoms with E-state index in [9.17, 15) is 13.2 Å². The van der Waals surface area contributed by atoms with Crippen molar-refractivity contribution in [1.29, 1.82) is 0 Å². The van der Waals surface area contributed by atoms with E-state index in [2.05, 4.69) is 5.32 Å². The quantitative estimate of drug-likeness (QED) is 0.468. The molecule has 8 heteroatoms. The van der Waals surface area contributed by atoms with E-state index in [1.54, 1.807) is 37.3 Å². The fraction of sp³-hybridized carbons (Fsp3) is 0.240. The number of nitrogens with one attached hydrogen (secondary N) is 1. The Balaban J connectivity index is 1.90. The molecule has 1 amide bonds. The first-order valence-electron chi connectivity index (χ1n) is 10.6. The second-order valence-corrected chi connectivity index (χ2v) is 9.80. The van der Waals surface area contributed by atoms with Crippen molar-refractivity contribution in [2.45, 2.75) is 32.2 Å². The van der Waals surface area contributed by atoms with Gasteiger partial charge in [0.25, 0.3) is 10.0 Å². The zero-order valence-corrected chi connectivity index (χ0v) is 20.4. The fourth-order valence-electron chi connectivity index (χ4n) is 3.33. The number of rotatable bonds is 9. The Labute approximate surface area is 200 Å². The Kier molecular flexibility index (Phi) is 8.00. The summed E-state index contributed by atoms with van der Waals surface area (Å²) in [5.41, 5.74) is 2.67. The minimum Gasteiger partial charge on any atom is -0.494 e. The van der Waals surface area contributed by atoms with Crippen LogP contribution in [0.3, 0.4) is 0 Å². The molecule has 0 atom stereocenters. The molecule has 0 heterocycles. The van der Waals surface area contributed by atoms with Crippen LogP contribution in [0.25, 0.3) is 0 Å². The molecule has 0 aliphatic rings. The minimum absolute atomic E-state index is 0.0990. The fourth-order valence-corrected chi connectivity index (χ4v) is 4.98. The van der Waals surface area contributed by atoms with Crippen molar-refractivity contribution in [2.75, 3.05) is 17.5 Å². The van der Waals surface area contributed by atoms with E-state index in [0.717, 1.165) is 15.4 Å². The Morgan fingerprint density at radius 3 is 2.39 bits per heavy atom. The minimum atomic E-state index is -4.02. The van der Waals surface area contributed by atoms with Gasteiger partial charge in [0.1, 0.15) is 12.3 Å². The molecule has 0 aromatic heterocycles. The summed E-state index contributed by atoms with van der Waals surface area (Å²) in [5, 5.41) is 3.23. The highest BCUT2D eigenvalue weighted by Crippen LogP contribution is 2.31. The number of carbonyl (C=O) groups is 1. The molecule has 0 bridgehead atoms. The molecule has 3 aromatic carbocycles. The number of anilines is 1. The van der Waals surface area contributed by atoms with Crippen molar-refractivity contribution >= 4 is 33.2 Å². The van der Waals surface area contributed by atoms with E-state index in [1.807, 2.05) is 38.1 Å². The zero-order valence-electron chi connectivity index (χ0n) is 18.8. The maximum Gasteiger partial charge on any atom is 0.264 e. The van der Waals surface area contributed by atoms with Gasteiger partial charge >= 0.3 is 0 Å². The molecular formula is C25H27ClN2O4S. The molecule has 0 saturated carbocycles. The molecule has 3 aromatic rings.